The monoisotopic (exact) mass is 294 g/mol. The van der Waals surface area contributed by atoms with Crippen molar-refractivity contribution in [3.05, 3.63) is 29.1 Å². The molecule has 1 fully saturated rings. The van der Waals surface area contributed by atoms with Crippen LogP contribution in [0.1, 0.15) is 24.0 Å². The second-order valence-electron chi connectivity index (χ2n) is 5.64. The number of fused-ring (bicyclic) bond motifs is 1. The Balaban J connectivity index is 1.78. The minimum atomic E-state index is -0.290. The summed E-state index contributed by atoms with van der Waals surface area (Å²) in [6.07, 6.45) is 1.76. The Morgan fingerprint density at radius 3 is 3.14 bits per heavy atom. The molecule has 0 saturated carbocycles. The lowest BCUT2D eigenvalue weighted by Crippen LogP contribution is -2.40. The lowest BCUT2D eigenvalue weighted by molar-refractivity contribution is -0.123. The number of benzene rings is 1. The maximum atomic E-state index is 13.7. The molecule has 5 nitrogen and oxygen atoms in total. The summed E-state index contributed by atoms with van der Waals surface area (Å²) in [4.78, 5) is 13.5. The average molecular weight is 294 g/mol. The van der Waals surface area contributed by atoms with E-state index in [0.717, 1.165) is 30.5 Å². The number of piperidine rings is 1. The number of halogens is 1. The molecular weight excluding hydrogens is 275 g/mol. The smallest absolute Gasteiger partial charge is 0.221 e. The molecule has 1 unspecified atom stereocenters. The quantitative estimate of drug-likeness (QED) is 0.915. The van der Waals surface area contributed by atoms with Crippen LogP contribution >= 0.6 is 0 Å². The van der Waals surface area contributed by atoms with Gasteiger partial charge in [0.1, 0.15) is 11.6 Å². The molecule has 1 atom stereocenters. The number of ether oxygens (including phenoxy) is 2. The number of amides is 1. The number of primary amides is 1. The number of nitrogens with two attached hydrogens (primary N) is 1. The molecule has 0 spiro atoms. The van der Waals surface area contributed by atoms with Gasteiger partial charge < -0.3 is 15.2 Å². The van der Waals surface area contributed by atoms with E-state index in [-0.39, 0.29) is 24.4 Å². The molecule has 0 radical (unpaired) electrons. The Morgan fingerprint density at radius 1 is 1.48 bits per heavy atom. The molecule has 1 saturated heterocycles. The molecule has 2 N–H and O–H groups in total. The van der Waals surface area contributed by atoms with E-state index in [4.69, 9.17) is 15.2 Å². The summed E-state index contributed by atoms with van der Waals surface area (Å²) in [6, 6.07) is 2.94. The van der Waals surface area contributed by atoms with Gasteiger partial charge in [0.25, 0.3) is 0 Å². The first-order chi connectivity index (χ1) is 10.1. The van der Waals surface area contributed by atoms with Gasteiger partial charge in [0, 0.05) is 24.2 Å². The first-order valence-electron chi connectivity index (χ1n) is 7.17. The van der Waals surface area contributed by atoms with Crippen LogP contribution in [0.25, 0.3) is 0 Å². The number of likely N-dealkylation sites (tertiary alicyclic amines) is 1. The molecule has 0 bridgehead atoms. The first kappa shape index (κ1) is 14.3. The highest BCUT2D eigenvalue weighted by atomic mass is 19.1. The lowest BCUT2D eigenvalue weighted by Gasteiger charge is -2.32. The van der Waals surface area contributed by atoms with Crippen molar-refractivity contribution in [2.24, 2.45) is 11.7 Å². The summed E-state index contributed by atoms with van der Waals surface area (Å²) in [5.41, 5.74) is 6.93. The van der Waals surface area contributed by atoms with Crippen molar-refractivity contribution >= 4 is 5.91 Å². The summed E-state index contributed by atoms with van der Waals surface area (Å²) in [5.74, 6) is 0.0446. The topological polar surface area (TPSA) is 64.8 Å². The van der Waals surface area contributed by atoms with Crippen LogP contribution in [0.15, 0.2) is 12.1 Å². The fraction of sp³-hybridized carbons (Fsp3) is 0.533. The summed E-state index contributed by atoms with van der Waals surface area (Å²) in [6.45, 7) is 2.62. The van der Waals surface area contributed by atoms with Crippen LogP contribution < -0.4 is 10.5 Å². The fourth-order valence-corrected chi connectivity index (χ4v) is 3.05. The van der Waals surface area contributed by atoms with Crippen LogP contribution in [-0.2, 0) is 22.7 Å². The molecule has 3 rings (SSSR count). The molecule has 0 aromatic heterocycles. The Kier molecular flexibility index (Phi) is 4.07. The number of carbonyl (C=O) groups is 1. The zero-order valence-corrected chi connectivity index (χ0v) is 11.8. The van der Waals surface area contributed by atoms with Gasteiger partial charge in [-0.05, 0) is 31.5 Å². The van der Waals surface area contributed by atoms with Gasteiger partial charge in [-0.2, -0.15) is 0 Å². The van der Waals surface area contributed by atoms with Crippen molar-refractivity contribution in [3.8, 4) is 5.75 Å². The summed E-state index contributed by atoms with van der Waals surface area (Å²) >= 11 is 0. The molecule has 2 heterocycles. The zero-order valence-electron chi connectivity index (χ0n) is 11.8. The highest BCUT2D eigenvalue weighted by Gasteiger charge is 2.25. The number of hydrogen-bond acceptors (Lipinski definition) is 4. The summed E-state index contributed by atoms with van der Waals surface area (Å²) in [5, 5.41) is 0. The summed E-state index contributed by atoms with van der Waals surface area (Å²) in [7, 11) is 0. The SMILES string of the molecule is NC(=O)C1CCCN(Cc2cc(F)cc3c2OCOC3)C1. The standard InChI is InChI=1S/C15H19FN2O3/c16-13-4-11(14-12(5-13)8-20-9-21-14)7-18-3-1-2-10(6-18)15(17)19/h4-5,10H,1-3,6-9H2,(H2,17,19). The van der Waals surface area contributed by atoms with E-state index in [1.54, 1.807) is 0 Å². The molecule has 21 heavy (non-hydrogen) atoms. The van der Waals surface area contributed by atoms with E-state index in [2.05, 4.69) is 4.90 Å². The number of hydrogen-bond donors (Lipinski definition) is 1. The van der Waals surface area contributed by atoms with Gasteiger partial charge in [-0.3, -0.25) is 9.69 Å². The van der Waals surface area contributed by atoms with E-state index in [9.17, 15) is 9.18 Å². The third kappa shape index (κ3) is 3.16. The molecule has 1 aromatic rings. The Morgan fingerprint density at radius 2 is 2.33 bits per heavy atom. The number of nitrogens with zero attached hydrogens (tertiary/aromatic N) is 1. The lowest BCUT2D eigenvalue weighted by atomic mass is 9.96. The minimum absolute atomic E-state index is 0.118. The molecule has 1 aromatic carbocycles. The fourth-order valence-electron chi connectivity index (χ4n) is 3.05. The number of carbonyl (C=O) groups excluding carboxylic acids is 1. The van der Waals surface area contributed by atoms with Crippen molar-refractivity contribution < 1.29 is 18.7 Å². The maximum absolute atomic E-state index is 13.7. The third-order valence-corrected chi connectivity index (χ3v) is 4.05. The molecular formula is C15H19FN2O3. The van der Waals surface area contributed by atoms with E-state index >= 15 is 0 Å². The van der Waals surface area contributed by atoms with Crippen LogP contribution in [0.4, 0.5) is 4.39 Å². The van der Waals surface area contributed by atoms with Crippen LogP contribution in [-0.4, -0.2) is 30.7 Å². The Hall–Kier alpha value is -1.66. The first-order valence-corrected chi connectivity index (χ1v) is 7.17. The molecule has 2 aliphatic rings. The predicted octanol–water partition coefficient (Wildman–Crippen LogP) is 1.39. The van der Waals surface area contributed by atoms with E-state index in [0.29, 0.717) is 25.4 Å². The molecule has 114 valence electrons. The van der Waals surface area contributed by atoms with Gasteiger partial charge in [-0.15, -0.1) is 0 Å². The van der Waals surface area contributed by atoms with Gasteiger partial charge in [0.15, 0.2) is 6.79 Å². The van der Waals surface area contributed by atoms with Gasteiger partial charge in [-0.1, -0.05) is 0 Å². The molecule has 2 aliphatic heterocycles. The minimum Gasteiger partial charge on any atom is -0.467 e. The zero-order chi connectivity index (χ0) is 14.8. The highest BCUT2D eigenvalue weighted by Crippen LogP contribution is 2.31. The highest BCUT2D eigenvalue weighted by molar-refractivity contribution is 5.76. The summed E-state index contributed by atoms with van der Waals surface area (Å²) < 4.78 is 24.4. The number of rotatable bonds is 3. The van der Waals surface area contributed by atoms with Crippen molar-refractivity contribution in [1.82, 2.24) is 4.90 Å². The normalized spacial score (nSPS) is 22.4. The van der Waals surface area contributed by atoms with Crippen LogP contribution in [0.5, 0.6) is 5.75 Å². The molecule has 1 amide bonds. The maximum Gasteiger partial charge on any atom is 0.221 e. The molecule has 6 heteroatoms. The van der Waals surface area contributed by atoms with Crippen LogP contribution in [0, 0.1) is 11.7 Å². The Bertz CT molecular complexity index is 550. The van der Waals surface area contributed by atoms with Crippen LogP contribution in [0.2, 0.25) is 0 Å². The van der Waals surface area contributed by atoms with Gasteiger partial charge >= 0.3 is 0 Å². The van der Waals surface area contributed by atoms with Gasteiger partial charge in [0.2, 0.25) is 5.91 Å². The van der Waals surface area contributed by atoms with Crippen molar-refractivity contribution in [1.29, 1.82) is 0 Å². The molecule has 0 aliphatic carbocycles. The van der Waals surface area contributed by atoms with Crippen molar-refractivity contribution in [2.45, 2.75) is 26.0 Å². The average Bonchev–Trinajstić information content (AvgIpc) is 2.47. The van der Waals surface area contributed by atoms with Gasteiger partial charge in [-0.25, -0.2) is 4.39 Å². The van der Waals surface area contributed by atoms with Crippen LogP contribution in [0.3, 0.4) is 0 Å². The van der Waals surface area contributed by atoms with E-state index in [1.807, 2.05) is 0 Å². The largest absolute Gasteiger partial charge is 0.467 e. The third-order valence-electron chi connectivity index (χ3n) is 4.05. The van der Waals surface area contributed by atoms with Crippen molar-refractivity contribution in [2.75, 3.05) is 19.9 Å². The Labute approximate surface area is 122 Å². The van der Waals surface area contributed by atoms with Gasteiger partial charge in [0.05, 0.1) is 12.5 Å². The predicted molar refractivity (Wildman–Crippen MR) is 73.9 cm³/mol. The van der Waals surface area contributed by atoms with Crippen molar-refractivity contribution in [3.63, 3.8) is 0 Å². The second-order valence-corrected chi connectivity index (χ2v) is 5.64. The second kappa shape index (κ2) is 5.99. The van der Waals surface area contributed by atoms with E-state index < -0.39 is 0 Å². The van der Waals surface area contributed by atoms with E-state index in [1.165, 1.54) is 12.1 Å².